The first-order chi connectivity index (χ1) is 12.2. The Morgan fingerprint density at radius 1 is 1.00 bits per heavy atom. The zero-order chi connectivity index (χ0) is 17.2. The van der Waals surface area contributed by atoms with Gasteiger partial charge in [-0.1, -0.05) is 24.3 Å². The highest BCUT2D eigenvalue weighted by Crippen LogP contribution is 2.34. The summed E-state index contributed by atoms with van der Waals surface area (Å²) in [6.07, 6.45) is 1.21. The Morgan fingerprint density at radius 3 is 2.60 bits per heavy atom. The van der Waals surface area contributed by atoms with Gasteiger partial charge in [0.2, 0.25) is 5.95 Å². The fraction of sp³-hybridized carbons (Fsp3) is 0. The molecular weight excluding hydrogens is 337 g/mol. The van der Waals surface area contributed by atoms with Gasteiger partial charge in [-0.25, -0.2) is 9.97 Å². The molecule has 1 amide bonds. The molecule has 4 rings (SSSR count). The summed E-state index contributed by atoms with van der Waals surface area (Å²) in [6, 6.07) is 17.9. The van der Waals surface area contributed by atoms with E-state index in [9.17, 15) is 9.18 Å². The van der Waals surface area contributed by atoms with E-state index in [1.807, 2.05) is 48.5 Å². The van der Waals surface area contributed by atoms with Crippen LogP contribution in [0, 0.1) is 5.95 Å². The van der Waals surface area contributed by atoms with Crippen molar-refractivity contribution >= 4 is 33.1 Å². The number of amides is 1. The number of fused-ring (bicyclic) bond motifs is 1. The van der Waals surface area contributed by atoms with Gasteiger partial charge in [0.15, 0.2) is 0 Å². The third kappa shape index (κ3) is 3.12. The zero-order valence-electron chi connectivity index (χ0n) is 12.9. The Labute approximate surface area is 147 Å². The molecule has 0 aliphatic rings. The maximum atomic E-state index is 12.9. The summed E-state index contributed by atoms with van der Waals surface area (Å²) in [5.74, 6) is -0.965. The first-order valence-electron chi connectivity index (χ1n) is 7.58. The van der Waals surface area contributed by atoms with Crippen molar-refractivity contribution in [1.82, 2.24) is 9.97 Å². The van der Waals surface area contributed by atoms with E-state index in [4.69, 9.17) is 0 Å². The average Bonchev–Trinajstić information content (AvgIpc) is 3.06. The number of halogens is 1. The maximum Gasteiger partial charge on any atom is 0.257 e. The minimum Gasteiger partial charge on any atom is -0.321 e. The molecule has 2 aromatic carbocycles. The molecule has 6 heteroatoms. The number of anilines is 1. The number of benzene rings is 2. The number of hydrogen-bond acceptors (Lipinski definition) is 4. The van der Waals surface area contributed by atoms with Crippen LogP contribution in [0.1, 0.15) is 10.4 Å². The molecule has 0 atom stereocenters. The summed E-state index contributed by atoms with van der Waals surface area (Å²) < 4.78 is 14.0. The highest BCUT2D eigenvalue weighted by atomic mass is 32.1. The first kappa shape index (κ1) is 15.4. The number of nitrogens with zero attached hydrogens (tertiary/aromatic N) is 2. The van der Waals surface area contributed by atoms with E-state index in [1.54, 1.807) is 11.3 Å². The molecule has 0 bridgehead atoms. The molecular formula is C19H12FN3OS. The molecule has 2 aromatic heterocycles. The van der Waals surface area contributed by atoms with Crippen LogP contribution in [-0.4, -0.2) is 15.9 Å². The van der Waals surface area contributed by atoms with Crippen LogP contribution in [-0.2, 0) is 0 Å². The molecule has 0 spiro atoms. The van der Waals surface area contributed by atoms with Gasteiger partial charge in [-0.05, 0) is 36.4 Å². The van der Waals surface area contributed by atoms with Crippen molar-refractivity contribution in [3.05, 3.63) is 78.4 Å². The van der Waals surface area contributed by atoms with Crippen molar-refractivity contribution in [3.8, 4) is 10.6 Å². The number of hydrogen-bond donors (Lipinski definition) is 1. The van der Waals surface area contributed by atoms with Crippen LogP contribution < -0.4 is 5.32 Å². The fourth-order valence-corrected chi connectivity index (χ4v) is 3.48. The van der Waals surface area contributed by atoms with Crippen LogP contribution in [0.25, 0.3) is 20.8 Å². The van der Waals surface area contributed by atoms with E-state index in [-0.39, 0.29) is 5.91 Å². The maximum absolute atomic E-state index is 12.9. The van der Waals surface area contributed by atoms with E-state index < -0.39 is 5.95 Å². The first-order valence-corrected chi connectivity index (χ1v) is 8.40. The number of nitrogens with one attached hydrogen (secondary N) is 1. The van der Waals surface area contributed by atoms with E-state index in [1.165, 1.54) is 12.3 Å². The van der Waals surface area contributed by atoms with Gasteiger partial charge >= 0.3 is 0 Å². The smallest absolute Gasteiger partial charge is 0.257 e. The Balaban J connectivity index is 1.69. The fourth-order valence-electron chi connectivity index (χ4n) is 2.47. The topological polar surface area (TPSA) is 54.9 Å². The number of thiazole rings is 1. The molecule has 0 aliphatic carbocycles. The van der Waals surface area contributed by atoms with Gasteiger partial charge in [-0.2, -0.15) is 4.39 Å². The number of rotatable bonds is 3. The monoisotopic (exact) mass is 349 g/mol. The molecule has 122 valence electrons. The van der Waals surface area contributed by atoms with Gasteiger partial charge in [-0.15, -0.1) is 11.3 Å². The average molecular weight is 349 g/mol. The van der Waals surface area contributed by atoms with Crippen molar-refractivity contribution < 1.29 is 9.18 Å². The van der Waals surface area contributed by atoms with Crippen molar-refractivity contribution in [2.45, 2.75) is 0 Å². The van der Waals surface area contributed by atoms with E-state index in [0.29, 0.717) is 11.3 Å². The lowest BCUT2D eigenvalue weighted by atomic mass is 10.1. The highest BCUT2D eigenvalue weighted by molar-refractivity contribution is 7.21. The van der Waals surface area contributed by atoms with Gasteiger partial charge in [0.1, 0.15) is 5.01 Å². The van der Waals surface area contributed by atoms with Crippen LogP contribution in [0.15, 0.2) is 66.9 Å². The summed E-state index contributed by atoms with van der Waals surface area (Å²) in [4.78, 5) is 20.5. The Morgan fingerprint density at radius 2 is 1.80 bits per heavy atom. The summed E-state index contributed by atoms with van der Waals surface area (Å²) in [5, 5.41) is 3.68. The molecule has 4 nitrogen and oxygen atoms in total. The molecule has 25 heavy (non-hydrogen) atoms. The number of pyridine rings is 1. The predicted molar refractivity (Wildman–Crippen MR) is 97.2 cm³/mol. The summed E-state index contributed by atoms with van der Waals surface area (Å²) in [6.45, 7) is 0. The third-order valence-electron chi connectivity index (χ3n) is 3.69. The molecule has 0 aliphatic heterocycles. The van der Waals surface area contributed by atoms with Crippen molar-refractivity contribution in [3.63, 3.8) is 0 Å². The largest absolute Gasteiger partial charge is 0.321 e. The molecule has 4 aromatic rings. The van der Waals surface area contributed by atoms with E-state index in [2.05, 4.69) is 15.3 Å². The number of carbonyl (C=O) groups excluding carboxylic acids is 1. The molecule has 0 saturated carbocycles. The molecule has 0 radical (unpaired) electrons. The molecule has 0 fully saturated rings. The molecule has 1 N–H and O–H groups in total. The van der Waals surface area contributed by atoms with Crippen LogP contribution in [0.5, 0.6) is 0 Å². The second-order valence-electron chi connectivity index (χ2n) is 5.36. The second kappa shape index (κ2) is 6.41. The highest BCUT2D eigenvalue weighted by Gasteiger charge is 2.13. The Kier molecular flexibility index (Phi) is 3.95. The lowest BCUT2D eigenvalue weighted by Gasteiger charge is -2.09. The van der Waals surface area contributed by atoms with Gasteiger partial charge in [0.25, 0.3) is 5.91 Å². The second-order valence-corrected chi connectivity index (χ2v) is 6.39. The third-order valence-corrected chi connectivity index (χ3v) is 4.76. The minimum atomic E-state index is -0.619. The zero-order valence-corrected chi connectivity index (χ0v) is 13.8. The quantitative estimate of drug-likeness (QED) is 0.543. The molecule has 2 heterocycles. The van der Waals surface area contributed by atoms with Gasteiger partial charge in [0.05, 0.1) is 21.5 Å². The number of aromatic nitrogens is 2. The molecule has 0 unspecified atom stereocenters. The summed E-state index contributed by atoms with van der Waals surface area (Å²) in [7, 11) is 0. The number of carbonyl (C=O) groups is 1. The molecule has 0 saturated heterocycles. The van der Waals surface area contributed by atoms with E-state index in [0.717, 1.165) is 26.9 Å². The number of para-hydroxylation sites is 2. The normalized spacial score (nSPS) is 10.8. The van der Waals surface area contributed by atoms with Gasteiger partial charge in [0, 0.05) is 11.8 Å². The SMILES string of the molecule is O=C(Nc1ccccc1-c1nc2ccccc2s1)c1ccc(F)nc1. The minimum absolute atomic E-state index is 0.292. The van der Waals surface area contributed by atoms with Gasteiger partial charge < -0.3 is 5.32 Å². The standard InChI is InChI=1S/C19H12FN3OS/c20-17-10-9-12(11-21-17)18(24)22-14-6-2-1-5-13(14)19-23-15-7-3-4-8-16(15)25-19/h1-11H,(H,22,24). The predicted octanol–water partition coefficient (Wildman–Crippen LogP) is 4.75. The van der Waals surface area contributed by atoms with Crippen LogP contribution in [0.3, 0.4) is 0 Å². The lowest BCUT2D eigenvalue weighted by Crippen LogP contribution is -2.13. The summed E-state index contributed by atoms with van der Waals surface area (Å²) in [5.41, 5.74) is 2.70. The Hall–Kier alpha value is -3.12. The van der Waals surface area contributed by atoms with E-state index >= 15 is 0 Å². The van der Waals surface area contributed by atoms with Crippen LogP contribution in [0.2, 0.25) is 0 Å². The van der Waals surface area contributed by atoms with Crippen molar-refractivity contribution in [1.29, 1.82) is 0 Å². The van der Waals surface area contributed by atoms with Crippen LogP contribution >= 0.6 is 11.3 Å². The van der Waals surface area contributed by atoms with Crippen molar-refractivity contribution in [2.24, 2.45) is 0 Å². The van der Waals surface area contributed by atoms with Gasteiger partial charge in [-0.3, -0.25) is 4.79 Å². The lowest BCUT2D eigenvalue weighted by molar-refractivity contribution is 0.102. The summed E-state index contributed by atoms with van der Waals surface area (Å²) >= 11 is 1.57. The van der Waals surface area contributed by atoms with Crippen LogP contribution in [0.4, 0.5) is 10.1 Å². The van der Waals surface area contributed by atoms with Crippen molar-refractivity contribution in [2.75, 3.05) is 5.32 Å². The Bertz CT molecular complexity index is 1030.